The molecule has 1 N–H and O–H groups in total. The standard InChI is InChI=1S/C21H25NO3S/c1-14(26-16-8-6-5-7-9-16)20(23)22-18-13-21(2,3)25-19-11-10-15(24-4)12-17(18)19/h5-12,14,18H,13H2,1-4H3,(H,22,23)/t14-,18+/m1/s1. The Kier molecular flexibility index (Phi) is 5.47. The summed E-state index contributed by atoms with van der Waals surface area (Å²) in [6.45, 7) is 6.02. The lowest BCUT2D eigenvalue weighted by molar-refractivity contribution is -0.121. The van der Waals surface area contributed by atoms with Gasteiger partial charge in [0.1, 0.15) is 17.1 Å². The highest BCUT2D eigenvalue weighted by Gasteiger charge is 2.35. The highest BCUT2D eigenvalue weighted by Crippen LogP contribution is 2.41. The van der Waals surface area contributed by atoms with Crippen molar-refractivity contribution in [2.45, 2.75) is 49.0 Å². The lowest BCUT2D eigenvalue weighted by Gasteiger charge is -2.38. The minimum Gasteiger partial charge on any atom is -0.497 e. The van der Waals surface area contributed by atoms with Crippen molar-refractivity contribution < 1.29 is 14.3 Å². The Labute approximate surface area is 159 Å². The zero-order valence-electron chi connectivity index (χ0n) is 15.6. The summed E-state index contributed by atoms with van der Waals surface area (Å²) in [6.07, 6.45) is 0.710. The van der Waals surface area contributed by atoms with E-state index in [-0.39, 0.29) is 22.8 Å². The number of amides is 1. The van der Waals surface area contributed by atoms with E-state index in [1.54, 1.807) is 18.9 Å². The van der Waals surface area contributed by atoms with Crippen LogP contribution in [-0.2, 0) is 4.79 Å². The van der Waals surface area contributed by atoms with Crippen LogP contribution in [0.5, 0.6) is 11.5 Å². The van der Waals surface area contributed by atoms with Gasteiger partial charge in [-0.1, -0.05) is 18.2 Å². The van der Waals surface area contributed by atoms with Crippen molar-refractivity contribution in [1.29, 1.82) is 0 Å². The second-order valence-corrected chi connectivity index (χ2v) is 8.52. The number of rotatable bonds is 5. The fraction of sp³-hybridized carbons (Fsp3) is 0.381. The van der Waals surface area contributed by atoms with Crippen LogP contribution in [0.3, 0.4) is 0 Å². The SMILES string of the molecule is COc1ccc2c(c1)[C@@H](NC(=O)[C@@H](C)Sc1ccccc1)CC(C)(C)O2. The molecule has 2 aromatic rings. The Bertz CT molecular complexity index is 776. The van der Waals surface area contributed by atoms with Crippen molar-refractivity contribution in [3.05, 3.63) is 54.1 Å². The maximum absolute atomic E-state index is 12.8. The first-order valence-corrected chi connectivity index (χ1v) is 9.65. The van der Waals surface area contributed by atoms with Crippen molar-refractivity contribution in [2.24, 2.45) is 0 Å². The number of hydrogen-bond acceptors (Lipinski definition) is 4. The normalized spacial score (nSPS) is 19.0. The molecule has 5 heteroatoms. The molecule has 0 saturated heterocycles. The van der Waals surface area contributed by atoms with Gasteiger partial charge in [-0.2, -0.15) is 0 Å². The molecule has 1 heterocycles. The van der Waals surface area contributed by atoms with E-state index in [1.807, 2.05) is 69.3 Å². The highest BCUT2D eigenvalue weighted by atomic mass is 32.2. The Morgan fingerprint density at radius 1 is 1.27 bits per heavy atom. The van der Waals surface area contributed by atoms with Crippen LogP contribution < -0.4 is 14.8 Å². The maximum atomic E-state index is 12.8. The van der Waals surface area contributed by atoms with Crippen molar-refractivity contribution in [1.82, 2.24) is 5.32 Å². The minimum atomic E-state index is -0.338. The predicted octanol–water partition coefficient (Wildman–Crippen LogP) is 4.59. The lowest BCUT2D eigenvalue weighted by atomic mass is 9.89. The van der Waals surface area contributed by atoms with E-state index in [1.165, 1.54) is 0 Å². The molecule has 138 valence electrons. The van der Waals surface area contributed by atoms with Crippen LogP contribution >= 0.6 is 11.8 Å². The minimum absolute atomic E-state index is 0.0234. The van der Waals surface area contributed by atoms with Gasteiger partial charge in [-0.05, 0) is 51.1 Å². The monoisotopic (exact) mass is 371 g/mol. The summed E-state index contributed by atoms with van der Waals surface area (Å²) >= 11 is 1.56. The van der Waals surface area contributed by atoms with Gasteiger partial charge >= 0.3 is 0 Å². The third kappa shape index (κ3) is 4.33. The third-order valence-electron chi connectivity index (χ3n) is 4.42. The van der Waals surface area contributed by atoms with Crippen molar-refractivity contribution in [2.75, 3.05) is 7.11 Å². The van der Waals surface area contributed by atoms with E-state index in [2.05, 4.69) is 5.32 Å². The maximum Gasteiger partial charge on any atom is 0.233 e. The van der Waals surface area contributed by atoms with Gasteiger partial charge < -0.3 is 14.8 Å². The molecule has 0 spiro atoms. The lowest BCUT2D eigenvalue weighted by Crippen LogP contribution is -2.43. The van der Waals surface area contributed by atoms with E-state index in [0.29, 0.717) is 6.42 Å². The molecule has 0 fully saturated rings. The Morgan fingerprint density at radius 3 is 2.69 bits per heavy atom. The summed E-state index contributed by atoms with van der Waals surface area (Å²) in [5.74, 6) is 1.59. The topological polar surface area (TPSA) is 47.6 Å². The fourth-order valence-electron chi connectivity index (χ4n) is 3.13. The number of methoxy groups -OCH3 is 1. The van der Waals surface area contributed by atoms with E-state index >= 15 is 0 Å². The molecule has 2 atom stereocenters. The third-order valence-corrected chi connectivity index (χ3v) is 5.53. The van der Waals surface area contributed by atoms with Gasteiger partial charge in [0, 0.05) is 16.9 Å². The summed E-state index contributed by atoms with van der Waals surface area (Å²) in [6, 6.07) is 15.6. The first kappa shape index (κ1) is 18.6. The molecular formula is C21H25NO3S. The number of ether oxygens (including phenoxy) is 2. The zero-order chi connectivity index (χ0) is 18.7. The van der Waals surface area contributed by atoms with Crippen molar-refractivity contribution >= 4 is 17.7 Å². The average molecular weight is 372 g/mol. The van der Waals surface area contributed by atoms with Crippen LogP contribution in [0.15, 0.2) is 53.4 Å². The van der Waals surface area contributed by atoms with Gasteiger partial charge in [0.05, 0.1) is 18.4 Å². The molecule has 1 aliphatic heterocycles. The summed E-state index contributed by atoms with van der Waals surface area (Å²) in [4.78, 5) is 13.9. The predicted molar refractivity (Wildman–Crippen MR) is 105 cm³/mol. The van der Waals surface area contributed by atoms with Crippen LogP contribution in [0.4, 0.5) is 0 Å². The molecule has 0 unspecified atom stereocenters. The Balaban J connectivity index is 1.77. The van der Waals surface area contributed by atoms with Crippen LogP contribution in [-0.4, -0.2) is 23.9 Å². The second-order valence-electron chi connectivity index (χ2n) is 7.10. The number of carbonyl (C=O) groups is 1. The molecule has 0 saturated carbocycles. The average Bonchev–Trinajstić information content (AvgIpc) is 2.61. The molecule has 3 rings (SSSR count). The quantitative estimate of drug-likeness (QED) is 0.781. The number of fused-ring (bicyclic) bond motifs is 1. The fourth-order valence-corrected chi connectivity index (χ4v) is 4.03. The van der Waals surface area contributed by atoms with E-state index in [0.717, 1.165) is 22.0 Å². The molecule has 0 radical (unpaired) electrons. The summed E-state index contributed by atoms with van der Waals surface area (Å²) in [7, 11) is 1.64. The van der Waals surface area contributed by atoms with Crippen molar-refractivity contribution in [3.63, 3.8) is 0 Å². The number of benzene rings is 2. The van der Waals surface area contributed by atoms with E-state index < -0.39 is 0 Å². The number of hydrogen-bond donors (Lipinski definition) is 1. The van der Waals surface area contributed by atoms with Gasteiger partial charge in [-0.25, -0.2) is 0 Å². The number of thioether (sulfide) groups is 1. The first-order valence-electron chi connectivity index (χ1n) is 8.77. The summed E-state index contributed by atoms with van der Waals surface area (Å²) < 4.78 is 11.4. The van der Waals surface area contributed by atoms with Crippen LogP contribution in [0.2, 0.25) is 0 Å². The van der Waals surface area contributed by atoms with Gasteiger partial charge in [0.25, 0.3) is 0 Å². The van der Waals surface area contributed by atoms with Crippen LogP contribution in [0.1, 0.15) is 38.8 Å². The highest BCUT2D eigenvalue weighted by molar-refractivity contribution is 8.00. The van der Waals surface area contributed by atoms with E-state index in [4.69, 9.17) is 9.47 Å². The summed E-state index contributed by atoms with van der Waals surface area (Å²) in [5.41, 5.74) is 0.629. The molecule has 0 bridgehead atoms. The molecule has 2 aromatic carbocycles. The second kappa shape index (κ2) is 7.62. The van der Waals surface area contributed by atoms with E-state index in [9.17, 15) is 4.79 Å². The molecule has 0 aromatic heterocycles. The Morgan fingerprint density at radius 2 is 2.00 bits per heavy atom. The van der Waals surface area contributed by atoms with Crippen LogP contribution in [0.25, 0.3) is 0 Å². The Hall–Kier alpha value is -2.14. The zero-order valence-corrected chi connectivity index (χ0v) is 16.4. The molecule has 1 aliphatic rings. The summed E-state index contributed by atoms with van der Waals surface area (Å²) in [5, 5.41) is 3.02. The number of nitrogens with one attached hydrogen (secondary N) is 1. The van der Waals surface area contributed by atoms with Gasteiger partial charge in [0.15, 0.2) is 0 Å². The molecular weight excluding hydrogens is 346 g/mol. The largest absolute Gasteiger partial charge is 0.497 e. The molecule has 0 aliphatic carbocycles. The smallest absolute Gasteiger partial charge is 0.233 e. The molecule has 4 nitrogen and oxygen atoms in total. The molecule has 1 amide bonds. The van der Waals surface area contributed by atoms with Crippen molar-refractivity contribution in [3.8, 4) is 11.5 Å². The van der Waals surface area contributed by atoms with Gasteiger partial charge in [0.2, 0.25) is 5.91 Å². The first-order chi connectivity index (χ1) is 12.4. The van der Waals surface area contributed by atoms with Crippen LogP contribution in [0, 0.1) is 0 Å². The van der Waals surface area contributed by atoms with Gasteiger partial charge in [-0.15, -0.1) is 11.8 Å². The number of carbonyl (C=O) groups excluding carboxylic acids is 1. The molecule has 26 heavy (non-hydrogen) atoms. The van der Waals surface area contributed by atoms with Gasteiger partial charge in [-0.3, -0.25) is 4.79 Å².